The van der Waals surface area contributed by atoms with Crippen molar-refractivity contribution in [3.8, 4) is 6.07 Å². The quantitative estimate of drug-likeness (QED) is 0.751. The van der Waals surface area contributed by atoms with Gasteiger partial charge in [-0.25, -0.2) is 0 Å². The minimum absolute atomic E-state index is 0.309. The van der Waals surface area contributed by atoms with Crippen LogP contribution in [0, 0.1) is 11.3 Å². The SMILES string of the molecule is N#Cc1cc(C2Cc3c(N)ccc(Br)c3C2)c(N)c2c1CCC2. The van der Waals surface area contributed by atoms with Crippen LogP contribution in [-0.2, 0) is 25.7 Å². The zero-order valence-electron chi connectivity index (χ0n) is 12.8. The van der Waals surface area contributed by atoms with Gasteiger partial charge in [-0.15, -0.1) is 0 Å². The van der Waals surface area contributed by atoms with Crippen molar-refractivity contribution in [1.82, 2.24) is 0 Å². The van der Waals surface area contributed by atoms with Gasteiger partial charge in [0.05, 0.1) is 11.6 Å². The summed E-state index contributed by atoms with van der Waals surface area (Å²) in [6.07, 6.45) is 4.89. The molecule has 0 fully saturated rings. The number of benzene rings is 2. The van der Waals surface area contributed by atoms with Gasteiger partial charge in [0.25, 0.3) is 0 Å². The molecule has 0 spiro atoms. The van der Waals surface area contributed by atoms with E-state index < -0.39 is 0 Å². The Morgan fingerprint density at radius 1 is 1.04 bits per heavy atom. The molecule has 4 N–H and O–H groups in total. The predicted octanol–water partition coefficient (Wildman–Crippen LogP) is 3.86. The van der Waals surface area contributed by atoms with Crippen molar-refractivity contribution in [2.24, 2.45) is 0 Å². The normalized spacial score (nSPS) is 18.5. The Balaban J connectivity index is 1.81. The van der Waals surface area contributed by atoms with Crippen molar-refractivity contribution < 1.29 is 0 Å². The molecule has 2 aromatic carbocycles. The van der Waals surface area contributed by atoms with Crippen molar-refractivity contribution in [3.05, 3.63) is 56.1 Å². The molecule has 1 atom stereocenters. The van der Waals surface area contributed by atoms with E-state index in [9.17, 15) is 5.26 Å². The first-order valence-corrected chi connectivity index (χ1v) is 8.79. The number of hydrogen-bond donors (Lipinski definition) is 2. The fraction of sp³-hybridized carbons (Fsp3) is 0.316. The van der Waals surface area contributed by atoms with E-state index in [4.69, 9.17) is 11.5 Å². The van der Waals surface area contributed by atoms with Crippen LogP contribution in [0.4, 0.5) is 11.4 Å². The van der Waals surface area contributed by atoms with Gasteiger partial charge in [0.1, 0.15) is 0 Å². The second-order valence-corrected chi connectivity index (χ2v) is 7.40. The average molecular weight is 368 g/mol. The molecule has 4 heteroatoms. The molecule has 4 rings (SSSR count). The van der Waals surface area contributed by atoms with E-state index in [1.54, 1.807) is 0 Å². The lowest BCUT2D eigenvalue weighted by atomic mass is 9.88. The summed E-state index contributed by atoms with van der Waals surface area (Å²) >= 11 is 3.64. The molecule has 23 heavy (non-hydrogen) atoms. The molecular formula is C19H18BrN3. The summed E-state index contributed by atoms with van der Waals surface area (Å²) in [5.41, 5.74) is 21.2. The molecule has 0 saturated heterocycles. The molecule has 0 amide bonds. The zero-order valence-corrected chi connectivity index (χ0v) is 14.4. The highest BCUT2D eigenvalue weighted by Gasteiger charge is 2.30. The second-order valence-electron chi connectivity index (χ2n) is 6.55. The number of anilines is 2. The highest BCUT2D eigenvalue weighted by molar-refractivity contribution is 9.10. The molecular weight excluding hydrogens is 350 g/mol. The minimum atomic E-state index is 0.309. The third kappa shape index (κ3) is 2.14. The number of nitriles is 1. The lowest BCUT2D eigenvalue weighted by molar-refractivity contribution is 0.742. The molecule has 2 aliphatic carbocycles. The number of halogens is 1. The van der Waals surface area contributed by atoms with Crippen molar-refractivity contribution in [2.75, 3.05) is 11.5 Å². The Morgan fingerprint density at radius 3 is 2.52 bits per heavy atom. The van der Waals surface area contributed by atoms with Crippen LogP contribution in [0.5, 0.6) is 0 Å². The molecule has 2 aliphatic rings. The first-order valence-electron chi connectivity index (χ1n) is 8.00. The van der Waals surface area contributed by atoms with Gasteiger partial charge in [0.2, 0.25) is 0 Å². The van der Waals surface area contributed by atoms with Crippen LogP contribution in [0.2, 0.25) is 0 Å². The molecule has 1 unspecified atom stereocenters. The van der Waals surface area contributed by atoms with E-state index in [1.807, 2.05) is 18.2 Å². The Kier molecular flexibility index (Phi) is 3.35. The standard InChI is InChI=1S/C19H18BrN3/c20-17-4-5-18(22)16-7-10(6-15(16)17)14-8-11(9-21)12-2-1-3-13(12)19(14)23/h4-5,8,10H,1-3,6-7,22-23H2. The van der Waals surface area contributed by atoms with Crippen molar-refractivity contribution in [3.63, 3.8) is 0 Å². The van der Waals surface area contributed by atoms with Crippen molar-refractivity contribution in [1.29, 1.82) is 5.26 Å². The van der Waals surface area contributed by atoms with E-state index in [0.29, 0.717) is 5.92 Å². The number of nitrogens with zero attached hydrogens (tertiary/aromatic N) is 1. The molecule has 0 saturated carbocycles. The van der Waals surface area contributed by atoms with Gasteiger partial charge in [-0.3, -0.25) is 0 Å². The monoisotopic (exact) mass is 367 g/mol. The number of nitrogens with two attached hydrogens (primary N) is 2. The van der Waals surface area contributed by atoms with Gasteiger partial charge >= 0.3 is 0 Å². The van der Waals surface area contributed by atoms with Crippen molar-refractivity contribution in [2.45, 2.75) is 38.0 Å². The molecule has 0 aromatic heterocycles. The van der Waals surface area contributed by atoms with E-state index in [0.717, 1.165) is 59.1 Å². The van der Waals surface area contributed by atoms with Gasteiger partial charge in [-0.2, -0.15) is 5.26 Å². The van der Waals surface area contributed by atoms with Crippen molar-refractivity contribution >= 4 is 27.3 Å². The number of hydrogen-bond acceptors (Lipinski definition) is 3. The van der Waals surface area contributed by atoms with Crippen LogP contribution in [-0.4, -0.2) is 0 Å². The van der Waals surface area contributed by atoms with Gasteiger partial charge in [-0.05, 0) is 84.0 Å². The molecule has 2 aromatic rings. The summed E-state index contributed by atoms with van der Waals surface area (Å²) in [6.45, 7) is 0. The first-order chi connectivity index (χ1) is 11.1. The van der Waals surface area contributed by atoms with Crippen LogP contribution in [0.1, 0.15) is 45.7 Å². The van der Waals surface area contributed by atoms with Crippen LogP contribution in [0.3, 0.4) is 0 Å². The van der Waals surface area contributed by atoms with Gasteiger partial charge in [0.15, 0.2) is 0 Å². The minimum Gasteiger partial charge on any atom is -0.398 e. The van der Waals surface area contributed by atoms with Gasteiger partial charge in [0, 0.05) is 15.8 Å². The first kappa shape index (κ1) is 14.6. The fourth-order valence-electron chi connectivity index (χ4n) is 4.20. The summed E-state index contributed by atoms with van der Waals surface area (Å²) in [5.74, 6) is 0.309. The Bertz CT molecular complexity index is 833. The zero-order chi connectivity index (χ0) is 16.1. The van der Waals surface area contributed by atoms with Crippen LogP contribution in [0.15, 0.2) is 22.7 Å². The van der Waals surface area contributed by atoms with E-state index in [2.05, 4.69) is 22.0 Å². The highest BCUT2D eigenvalue weighted by Crippen LogP contribution is 2.44. The predicted molar refractivity (Wildman–Crippen MR) is 96.3 cm³/mol. The maximum atomic E-state index is 9.50. The van der Waals surface area contributed by atoms with E-state index in [1.165, 1.54) is 22.3 Å². The van der Waals surface area contributed by atoms with Crippen LogP contribution < -0.4 is 11.5 Å². The number of rotatable bonds is 1. The highest BCUT2D eigenvalue weighted by atomic mass is 79.9. The Morgan fingerprint density at radius 2 is 1.78 bits per heavy atom. The third-order valence-corrected chi connectivity index (χ3v) is 6.09. The van der Waals surface area contributed by atoms with E-state index >= 15 is 0 Å². The second kappa shape index (κ2) is 5.28. The van der Waals surface area contributed by atoms with Crippen LogP contribution in [0.25, 0.3) is 0 Å². The smallest absolute Gasteiger partial charge is 0.0994 e. The molecule has 0 radical (unpaired) electrons. The number of nitrogen functional groups attached to an aromatic ring is 2. The van der Waals surface area contributed by atoms with E-state index in [-0.39, 0.29) is 0 Å². The summed E-state index contributed by atoms with van der Waals surface area (Å²) in [7, 11) is 0. The molecule has 0 heterocycles. The Labute approximate surface area is 144 Å². The van der Waals surface area contributed by atoms with Crippen LogP contribution >= 0.6 is 15.9 Å². The lowest BCUT2D eigenvalue weighted by Gasteiger charge is -2.17. The maximum absolute atomic E-state index is 9.50. The maximum Gasteiger partial charge on any atom is 0.0994 e. The molecule has 3 nitrogen and oxygen atoms in total. The summed E-state index contributed by atoms with van der Waals surface area (Å²) in [4.78, 5) is 0. The molecule has 0 aliphatic heterocycles. The number of fused-ring (bicyclic) bond motifs is 2. The Hall–Kier alpha value is -1.99. The molecule has 116 valence electrons. The fourth-order valence-corrected chi connectivity index (χ4v) is 4.73. The third-order valence-electron chi connectivity index (χ3n) is 5.35. The average Bonchev–Trinajstić information content (AvgIpc) is 3.19. The largest absolute Gasteiger partial charge is 0.398 e. The lowest BCUT2D eigenvalue weighted by Crippen LogP contribution is -2.08. The topological polar surface area (TPSA) is 75.8 Å². The van der Waals surface area contributed by atoms with Gasteiger partial charge in [-0.1, -0.05) is 15.9 Å². The summed E-state index contributed by atoms with van der Waals surface area (Å²) in [5, 5.41) is 9.50. The summed E-state index contributed by atoms with van der Waals surface area (Å²) < 4.78 is 1.12. The summed E-state index contributed by atoms with van der Waals surface area (Å²) in [6, 6.07) is 8.37. The molecule has 0 bridgehead atoms. The van der Waals surface area contributed by atoms with Gasteiger partial charge < -0.3 is 11.5 Å².